The van der Waals surface area contributed by atoms with E-state index in [0.717, 1.165) is 11.4 Å². The van der Waals surface area contributed by atoms with Gasteiger partial charge in [0.2, 0.25) is 0 Å². The Balaban J connectivity index is 1.64. The van der Waals surface area contributed by atoms with Gasteiger partial charge in [-0.15, -0.1) is 11.8 Å². The average Bonchev–Trinajstić information content (AvgIpc) is 3.07. The summed E-state index contributed by atoms with van der Waals surface area (Å²) in [5.41, 5.74) is 2.32. The van der Waals surface area contributed by atoms with Crippen molar-refractivity contribution in [2.75, 3.05) is 26.9 Å². The molecule has 0 saturated heterocycles. The molecule has 0 atom stereocenters. The maximum Gasteiger partial charge on any atom is 0.319 e. The van der Waals surface area contributed by atoms with E-state index in [0.29, 0.717) is 36.8 Å². The summed E-state index contributed by atoms with van der Waals surface area (Å²) in [7, 11) is 3.49. The van der Waals surface area contributed by atoms with Gasteiger partial charge in [-0.1, -0.05) is 0 Å². The molecular formula is C17H22N6O2S. The lowest BCUT2D eigenvalue weighted by Crippen LogP contribution is -2.43. The molecule has 0 radical (unpaired) electrons. The van der Waals surface area contributed by atoms with Gasteiger partial charge in [-0.05, 0) is 24.5 Å². The summed E-state index contributed by atoms with van der Waals surface area (Å²) >= 11 is 1.44. The Morgan fingerprint density at radius 1 is 1.35 bits per heavy atom. The summed E-state index contributed by atoms with van der Waals surface area (Å²) in [6.45, 7) is 2.15. The smallest absolute Gasteiger partial charge is 0.319 e. The minimum Gasteiger partial charge on any atom is -0.346 e. The number of aromatic nitrogens is 3. The number of nitrogens with zero attached hydrogens (tertiary/aromatic N) is 5. The zero-order valence-electron chi connectivity index (χ0n) is 15.1. The fourth-order valence-electron chi connectivity index (χ4n) is 2.85. The first kappa shape index (κ1) is 18.2. The number of amides is 3. The van der Waals surface area contributed by atoms with E-state index in [1.54, 1.807) is 42.2 Å². The fraction of sp³-hybridized carbons (Fsp3) is 0.412. The zero-order valence-corrected chi connectivity index (χ0v) is 15.9. The lowest BCUT2D eigenvalue weighted by atomic mass is 10.2. The first-order chi connectivity index (χ1) is 12.5. The van der Waals surface area contributed by atoms with Gasteiger partial charge in [-0.25, -0.2) is 9.78 Å². The Morgan fingerprint density at radius 3 is 2.88 bits per heavy atom. The third-order valence-corrected chi connectivity index (χ3v) is 4.85. The van der Waals surface area contributed by atoms with Crippen LogP contribution in [0.1, 0.15) is 21.7 Å². The van der Waals surface area contributed by atoms with Gasteiger partial charge in [0.1, 0.15) is 5.03 Å². The third-order valence-electron chi connectivity index (χ3n) is 4.14. The summed E-state index contributed by atoms with van der Waals surface area (Å²) < 4.78 is 1.90. The highest BCUT2D eigenvalue weighted by molar-refractivity contribution is 7.98. The molecule has 9 heteroatoms. The van der Waals surface area contributed by atoms with Gasteiger partial charge in [-0.3, -0.25) is 9.48 Å². The minimum absolute atomic E-state index is 0.00604. The molecular weight excluding hydrogens is 352 g/mol. The van der Waals surface area contributed by atoms with Crippen molar-refractivity contribution < 1.29 is 9.59 Å². The molecule has 0 bridgehead atoms. The van der Waals surface area contributed by atoms with Crippen molar-refractivity contribution in [1.29, 1.82) is 0 Å². The third kappa shape index (κ3) is 3.82. The second kappa shape index (κ2) is 7.77. The number of carbonyl (C=O) groups excluding carboxylic acids is 2. The SMILES string of the molecule is CSc1ncccc1C(=O)NCc1cc2n(n1)CCN(C(=O)N(C)C)C2. The van der Waals surface area contributed by atoms with Crippen LogP contribution in [0.5, 0.6) is 0 Å². The normalized spacial score (nSPS) is 13.3. The highest BCUT2D eigenvalue weighted by Crippen LogP contribution is 2.17. The molecule has 138 valence electrons. The highest BCUT2D eigenvalue weighted by Gasteiger charge is 2.23. The molecule has 2 aromatic rings. The molecule has 1 aliphatic heterocycles. The molecule has 0 aliphatic carbocycles. The molecule has 0 spiro atoms. The summed E-state index contributed by atoms with van der Waals surface area (Å²) in [5.74, 6) is -0.169. The topological polar surface area (TPSA) is 83.4 Å². The Morgan fingerprint density at radius 2 is 2.15 bits per heavy atom. The van der Waals surface area contributed by atoms with Crippen molar-refractivity contribution >= 4 is 23.7 Å². The lowest BCUT2D eigenvalue weighted by molar-refractivity contribution is 0.0946. The van der Waals surface area contributed by atoms with Crippen LogP contribution in [-0.4, -0.2) is 63.4 Å². The largest absolute Gasteiger partial charge is 0.346 e. The van der Waals surface area contributed by atoms with E-state index in [-0.39, 0.29) is 11.9 Å². The van der Waals surface area contributed by atoms with Gasteiger partial charge < -0.3 is 15.1 Å². The van der Waals surface area contributed by atoms with Crippen LogP contribution < -0.4 is 5.32 Å². The van der Waals surface area contributed by atoms with E-state index in [9.17, 15) is 9.59 Å². The van der Waals surface area contributed by atoms with Gasteiger partial charge in [0.25, 0.3) is 5.91 Å². The molecule has 26 heavy (non-hydrogen) atoms. The number of fused-ring (bicyclic) bond motifs is 1. The monoisotopic (exact) mass is 374 g/mol. The van der Waals surface area contributed by atoms with E-state index >= 15 is 0 Å². The van der Waals surface area contributed by atoms with Crippen LogP contribution in [0.4, 0.5) is 4.79 Å². The van der Waals surface area contributed by atoms with E-state index in [1.165, 1.54) is 11.8 Å². The first-order valence-corrected chi connectivity index (χ1v) is 9.51. The maximum absolute atomic E-state index is 12.4. The number of hydrogen-bond donors (Lipinski definition) is 1. The number of nitrogens with one attached hydrogen (secondary N) is 1. The van der Waals surface area contributed by atoms with Crippen LogP contribution in [0, 0.1) is 0 Å². The molecule has 1 aliphatic rings. The molecule has 0 saturated carbocycles. The van der Waals surface area contributed by atoms with Gasteiger partial charge in [-0.2, -0.15) is 5.10 Å². The van der Waals surface area contributed by atoms with Crippen molar-refractivity contribution in [2.24, 2.45) is 0 Å². The average molecular weight is 374 g/mol. The van der Waals surface area contributed by atoms with Crippen LogP contribution >= 0.6 is 11.8 Å². The molecule has 3 rings (SSSR count). The van der Waals surface area contributed by atoms with Gasteiger partial charge in [0, 0.05) is 26.8 Å². The van der Waals surface area contributed by atoms with Gasteiger partial charge >= 0.3 is 6.03 Å². The van der Waals surface area contributed by atoms with E-state index in [4.69, 9.17) is 0 Å². The quantitative estimate of drug-likeness (QED) is 0.819. The Bertz CT molecular complexity index is 819. The summed E-state index contributed by atoms with van der Waals surface area (Å²) in [6.07, 6.45) is 3.57. The number of urea groups is 1. The van der Waals surface area contributed by atoms with Crippen molar-refractivity contribution in [3.05, 3.63) is 41.3 Å². The number of rotatable bonds is 4. The Hall–Kier alpha value is -2.55. The standard InChI is InChI=1S/C17H22N6O2S/c1-21(2)17(25)22-7-8-23-13(11-22)9-12(20-23)10-19-15(24)14-5-4-6-18-16(14)26-3/h4-6,9H,7-8,10-11H2,1-3H3,(H,19,24). The van der Waals surface area contributed by atoms with Crippen molar-refractivity contribution in [3.8, 4) is 0 Å². The van der Waals surface area contributed by atoms with Gasteiger partial charge in [0.05, 0.1) is 36.6 Å². The summed E-state index contributed by atoms with van der Waals surface area (Å²) in [5, 5.41) is 8.12. The van der Waals surface area contributed by atoms with Crippen LogP contribution in [-0.2, 0) is 19.6 Å². The molecule has 3 heterocycles. The highest BCUT2D eigenvalue weighted by atomic mass is 32.2. The molecule has 2 aromatic heterocycles. The minimum atomic E-state index is -0.169. The summed E-state index contributed by atoms with van der Waals surface area (Å²) in [4.78, 5) is 32.1. The predicted molar refractivity (Wildman–Crippen MR) is 98.9 cm³/mol. The second-order valence-electron chi connectivity index (χ2n) is 6.19. The number of pyridine rings is 1. The molecule has 0 fully saturated rings. The van der Waals surface area contributed by atoms with Crippen LogP contribution in [0.15, 0.2) is 29.4 Å². The Labute approximate surface area is 156 Å². The van der Waals surface area contributed by atoms with E-state index < -0.39 is 0 Å². The first-order valence-electron chi connectivity index (χ1n) is 8.28. The fourth-order valence-corrected chi connectivity index (χ4v) is 3.40. The van der Waals surface area contributed by atoms with Crippen LogP contribution in [0.25, 0.3) is 0 Å². The predicted octanol–water partition coefficient (Wildman–Crippen LogP) is 1.43. The molecule has 8 nitrogen and oxygen atoms in total. The number of thioether (sulfide) groups is 1. The molecule has 0 unspecified atom stereocenters. The zero-order chi connectivity index (χ0) is 18.7. The number of hydrogen-bond acceptors (Lipinski definition) is 5. The number of carbonyl (C=O) groups is 2. The van der Waals surface area contributed by atoms with Crippen molar-refractivity contribution in [1.82, 2.24) is 29.9 Å². The maximum atomic E-state index is 12.4. The van der Waals surface area contributed by atoms with Crippen LogP contribution in [0.2, 0.25) is 0 Å². The van der Waals surface area contributed by atoms with Crippen molar-refractivity contribution in [2.45, 2.75) is 24.7 Å². The lowest BCUT2D eigenvalue weighted by Gasteiger charge is -2.29. The van der Waals surface area contributed by atoms with Gasteiger partial charge in [0.15, 0.2) is 0 Å². The molecule has 0 aromatic carbocycles. The molecule has 1 N–H and O–H groups in total. The second-order valence-corrected chi connectivity index (χ2v) is 6.99. The van der Waals surface area contributed by atoms with E-state index in [2.05, 4.69) is 15.4 Å². The van der Waals surface area contributed by atoms with E-state index in [1.807, 2.05) is 17.0 Å². The Kier molecular flexibility index (Phi) is 5.46. The van der Waals surface area contributed by atoms with Crippen LogP contribution in [0.3, 0.4) is 0 Å². The molecule has 3 amide bonds. The van der Waals surface area contributed by atoms with Crippen molar-refractivity contribution in [3.63, 3.8) is 0 Å². The summed E-state index contributed by atoms with van der Waals surface area (Å²) in [6, 6.07) is 5.44.